The van der Waals surface area contributed by atoms with Gasteiger partial charge in [-0.3, -0.25) is 14.5 Å². The Balaban J connectivity index is 1.33. The maximum atomic E-state index is 14.8. The Morgan fingerprint density at radius 2 is 1.98 bits per heavy atom. The number of carbonyl (C=O) groups excluding carboxylic acids is 2. The van der Waals surface area contributed by atoms with Gasteiger partial charge >= 0.3 is 5.92 Å². The number of nitrogens with one attached hydrogen (secondary N) is 3. The summed E-state index contributed by atoms with van der Waals surface area (Å²) in [6.45, 7) is 4.42. The SMILES string of the molecule is COc1cc(C(=O)NCCN2CCNCC2)ccc1Nc1ncc2c(n1)N(C1CCCC1)CC(F)(F)C(=O)N2C. The number of ether oxygens (including phenoxy) is 1. The summed E-state index contributed by atoms with van der Waals surface area (Å²) in [5, 5.41) is 9.36. The molecule has 40 heavy (non-hydrogen) atoms. The average Bonchev–Trinajstić information content (AvgIpc) is 3.48. The van der Waals surface area contributed by atoms with Crippen LogP contribution in [0.3, 0.4) is 0 Å². The zero-order chi connectivity index (χ0) is 28.3. The van der Waals surface area contributed by atoms with Crippen molar-refractivity contribution in [3.8, 4) is 5.75 Å². The summed E-state index contributed by atoms with van der Waals surface area (Å²) in [5.74, 6) is -4.17. The van der Waals surface area contributed by atoms with E-state index in [9.17, 15) is 18.4 Å². The number of carbonyl (C=O) groups is 2. The normalized spacial score (nSPS) is 19.8. The third kappa shape index (κ3) is 5.94. The minimum Gasteiger partial charge on any atom is -0.495 e. The molecule has 11 nitrogen and oxygen atoms in total. The fraction of sp³-hybridized carbons (Fsp3) is 0.556. The molecule has 1 aromatic heterocycles. The van der Waals surface area contributed by atoms with Crippen LogP contribution in [0.5, 0.6) is 5.75 Å². The Labute approximate surface area is 232 Å². The van der Waals surface area contributed by atoms with E-state index in [1.807, 2.05) is 0 Å². The fourth-order valence-electron chi connectivity index (χ4n) is 5.52. The highest BCUT2D eigenvalue weighted by Crippen LogP contribution is 2.40. The highest BCUT2D eigenvalue weighted by atomic mass is 19.3. The molecule has 13 heteroatoms. The van der Waals surface area contributed by atoms with Crippen molar-refractivity contribution in [1.82, 2.24) is 25.5 Å². The van der Waals surface area contributed by atoms with Crippen LogP contribution in [0.2, 0.25) is 0 Å². The third-order valence-corrected chi connectivity index (χ3v) is 7.77. The number of anilines is 4. The molecule has 216 valence electrons. The predicted octanol–water partition coefficient (Wildman–Crippen LogP) is 2.22. The Kier molecular flexibility index (Phi) is 8.31. The first-order valence-corrected chi connectivity index (χ1v) is 13.7. The average molecular weight is 559 g/mol. The number of fused-ring (bicyclic) bond motifs is 1. The number of amides is 2. The van der Waals surface area contributed by atoms with E-state index in [-0.39, 0.29) is 29.4 Å². The van der Waals surface area contributed by atoms with Crippen LogP contribution in [0.4, 0.5) is 31.9 Å². The van der Waals surface area contributed by atoms with Gasteiger partial charge in [-0.25, -0.2) is 4.98 Å². The van der Waals surface area contributed by atoms with E-state index in [0.29, 0.717) is 23.5 Å². The highest BCUT2D eigenvalue weighted by Gasteiger charge is 2.48. The second kappa shape index (κ2) is 11.9. The van der Waals surface area contributed by atoms with E-state index in [0.717, 1.165) is 63.3 Å². The number of hydrogen-bond acceptors (Lipinski definition) is 9. The largest absolute Gasteiger partial charge is 0.495 e. The summed E-state index contributed by atoms with van der Waals surface area (Å²) in [5.41, 5.74) is 1.19. The second-order valence-corrected chi connectivity index (χ2v) is 10.4. The molecule has 0 bridgehead atoms. The van der Waals surface area contributed by atoms with Gasteiger partial charge in [0, 0.05) is 57.9 Å². The molecule has 2 amide bonds. The Morgan fingerprint density at radius 1 is 1.23 bits per heavy atom. The maximum absolute atomic E-state index is 14.8. The minimum absolute atomic E-state index is 0.134. The van der Waals surface area contributed by atoms with Gasteiger partial charge in [-0.1, -0.05) is 12.8 Å². The number of rotatable bonds is 8. The maximum Gasteiger partial charge on any atom is 0.342 e. The van der Waals surface area contributed by atoms with Crippen molar-refractivity contribution in [2.75, 3.05) is 75.1 Å². The molecule has 1 aliphatic carbocycles. The van der Waals surface area contributed by atoms with Crippen LogP contribution in [-0.4, -0.2) is 98.6 Å². The van der Waals surface area contributed by atoms with Crippen LogP contribution in [0, 0.1) is 0 Å². The van der Waals surface area contributed by atoms with E-state index >= 15 is 0 Å². The summed E-state index contributed by atoms with van der Waals surface area (Å²) < 4.78 is 35.2. The van der Waals surface area contributed by atoms with Gasteiger partial charge in [0.1, 0.15) is 11.4 Å². The summed E-state index contributed by atoms with van der Waals surface area (Å²) in [4.78, 5) is 38.9. The van der Waals surface area contributed by atoms with Gasteiger partial charge in [-0.05, 0) is 31.0 Å². The summed E-state index contributed by atoms with van der Waals surface area (Å²) >= 11 is 0. The lowest BCUT2D eigenvalue weighted by atomic mass is 10.1. The monoisotopic (exact) mass is 558 g/mol. The molecular formula is C27H36F2N8O3. The van der Waals surface area contributed by atoms with Crippen LogP contribution < -0.4 is 30.5 Å². The molecule has 0 spiro atoms. The van der Waals surface area contributed by atoms with Crippen molar-refractivity contribution in [1.29, 1.82) is 0 Å². The van der Waals surface area contributed by atoms with Gasteiger partial charge in [-0.15, -0.1) is 0 Å². The number of benzene rings is 1. The molecule has 1 aromatic carbocycles. The summed E-state index contributed by atoms with van der Waals surface area (Å²) in [6.07, 6.45) is 4.78. The van der Waals surface area contributed by atoms with Crippen LogP contribution in [0.1, 0.15) is 36.0 Å². The van der Waals surface area contributed by atoms with Crippen molar-refractivity contribution >= 4 is 35.0 Å². The topological polar surface area (TPSA) is 115 Å². The quantitative estimate of drug-likeness (QED) is 0.449. The van der Waals surface area contributed by atoms with Crippen LogP contribution in [0.15, 0.2) is 24.4 Å². The lowest BCUT2D eigenvalue weighted by Gasteiger charge is -2.31. The summed E-state index contributed by atoms with van der Waals surface area (Å²) in [7, 11) is 2.81. The molecule has 3 aliphatic rings. The number of alkyl halides is 2. The highest BCUT2D eigenvalue weighted by molar-refractivity contribution is 6.02. The molecule has 0 unspecified atom stereocenters. The molecule has 1 saturated carbocycles. The number of aromatic nitrogens is 2. The van der Waals surface area contributed by atoms with Crippen LogP contribution >= 0.6 is 0 Å². The molecule has 0 radical (unpaired) electrons. The fourth-order valence-corrected chi connectivity index (χ4v) is 5.52. The van der Waals surface area contributed by atoms with Gasteiger partial charge in [0.25, 0.3) is 11.8 Å². The molecule has 2 aromatic rings. The van der Waals surface area contributed by atoms with Crippen molar-refractivity contribution in [2.24, 2.45) is 0 Å². The van der Waals surface area contributed by atoms with E-state index < -0.39 is 18.4 Å². The summed E-state index contributed by atoms with van der Waals surface area (Å²) in [6, 6.07) is 4.86. The smallest absolute Gasteiger partial charge is 0.342 e. The molecule has 3 heterocycles. The lowest BCUT2D eigenvalue weighted by molar-refractivity contribution is -0.140. The standard InChI is InChI=1S/C27H36F2N8O3/c1-35-21-16-32-26(34-23(21)37(19-5-3-4-6-19)17-27(28,29)25(35)39)33-20-8-7-18(15-22(20)40-2)24(38)31-11-14-36-12-9-30-10-13-36/h7-8,15-16,19,30H,3-6,9-14,17H2,1-2H3,(H,31,38)(H,32,33,34). The second-order valence-electron chi connectivity index (χ2n) is 10.4. The molecule has 0 atom stereocenters. The van der Waals surface area contributed by atoms with Crippen molar-refractivity contribution in [3.05, 3.63) is 30.0 Å². The van der Waals surface area contributed by atoms with E-state index in [1.165, 1.54) is 20.4 Å². The van der Waals surface area contributed by atoms with Crippen LogP contribution in [0.25, 0.3) is 0 Å². The van der Waals surface area contributed by atoms with Gasteiger partial charge in [0.05, 0.1) is 25.5 Å². The van der Waals surface area contributed by atoms with E-state index in [4.69, 9.17) is 4.74 Å². The van der Waals surface area contributed by atoms with E-state index in [2.05, 4.69) is 30.8 Å². The predicted molar refractivity (Wildman–Crippen MR) is 148 cm³/mol. The van der Waals surface area contributed by atoms with Gasteiger partial charge in [0.2, 0.25) is 5.95 Å². The molecule has 2 fully saturated rings. The van der Waals surface area contributed by atoms with Gasteiger partial charge in [-0.2, -0.15) is 13.8 Å². The number of piperazine rings is 1. The van der Waals surface area contributed by atoms with Crippen LogP contribution in [-0.2, 0) is 4.79 Å². The Bertz CT molecular complexity index is 1230. The van der Waals surface area contributed by atoms with Crippen molar-refractivity contribution in [2.45, 2.75) is 37.6 Å². The third-order valence-electron chi connectivity index (χ3n) is 7.77. The molecule has 1 saturated heterocycles. The molecule has 5 rings (SSSR count). The zero-order valence-electron chi connectivity index (χ0n) is 22.9. The van der Waals surface area contributed by atoms with Gasteiger partial charge < -0.3 is 30.5 Å². The zero-order valence-corrected chi connectivity index (χ0v) is 22.9. The molecular weight excluding hydrogens is 522 g/mol. The minimum atomic E-state index is -3.55. The first-order chi connectivity index (χ1) is 19.3. The number of methoxy groups -OCH3 is 1. The van der Waals surface area contributed by atoms with Crippen molar-refractivity contribution in [3.63, 3.8) is 0 Å². The first-order valence-electron chi connectivity index (χ1n) is 13.7. The van der Waals surface area contributed by atoms with E-state index in [1.54, 1.807) is 23.1 Å². The molecule has 2 aliphatic heterocycles. The lowest BCUT2D eigenvalue weighted by Crippen LogP contribution is -2.48. The van der Waals surface area contributed by atoms with Gasteiger partial charge in [0.15, 0.2) is 5.82 Å². The van der Waals surface area contributed by atoms with Crippen molar-refractivity contribution < 1.29 is 23.1 Å². The Morgan fingerprint density at radius 3 is 2.70 bits per heavy atom. The number of halogens is 2. The number of nitrogens with zero attached hydrogens (tertiary/aromatic N) is 5. The molecule has 3 N–H and O–H groups in total. The number of hydrogen-bond donors (Lipinski definition) is 3. The Hall–Kier alpha value is -3.58. The first kappa shape index (κ1) is 28.0.